The number of nitrogens with one attached hydrogen (secondary N) is 2. The SMILES string of the molecule is CCc1ccc(C(=O)COC(=O)CNS(=O)(=O)c2ccc(NC(C)=O)cc2)cc1. The maximum absolute atomic E-state index is 12.2. The van der Waals surface area contributed by atoms with Gasteiger partial charge in [-0.1, -0.05) is 31.2 Å². The van der Waals surface area contributed by atoms with E-state index in [0.717, 1.165) is 12.0 Å². The van der Waals surface area contributed by atoms with Crippen molar-refractivity contribution >= 4 is 33.4 Å². The zero-order chi connectivity index (χ0) is 21.4. The first-order valence-corrected chi connectivity index (χ1v) is 10.3. The van der Waals surface area contributed by atoms with Gasteiger partial charge in [0.15, 0.2) is 12.4 Å². The fourth-order valence-corrected chi connectivity index (χ4v) is 3.33. The first kappa shape index (κ1) is 22.3. The van der Waals surface area contributed by atoms with Gasteiger partial charge < -0.3 is 10.1 Å². The van der Waals surface area contributed by atoms with Gasteiger partial charge in [0, 0.05) is 18.2 Å². The molecule has 0 aliphatic rings. The van der Waals surface area contributed by atoms with Crippen LogP contribution in [0, 0.1) is 0 Å². The van der Waals surface area contributed by atoms with Crippen molar-refractivity contribution in [2.45, 2.75) is 25.2 Å². The van der Waals surface area contributed by atoms with Gasteiger partial charge in [0.1, 0.15) is 6.54 Å². The number of aryl methyl sites for hydroxylation is 1. The quantitative estimate of drug-likeness (QED) is 0.474. The molecule has 0 aliphatic heterocycles. The Morgan fingerprint density at radius 1 is 0.966 bits per heavy atom. The number of benzene rings is 2. The smallest absolute Gasteiger partial charge is 0.321 e. The molecule has 2 rings (SSSR count). The molecule has 0 bridgehead atoms. The summed E-state index contributed by atoms with van der Waals surface area (Å²) in [6, 6.07) is 12.4. The van der Waals surface area contributed by atoms with Crippen LogP contribution in [0.15, 0.2) is 53.4 Å². The zero-order valence-electron chi connectivity index (χ0n) is 16.1. The van der Waals surface area contributed by atoms with Crippen molar-refractivity contribution in [1.82, 2.24) is 4.72 Å². The minimum absolute atomic E-state index is 0.0773. The molecule has 29 heavy (non-hydrogen) atoms. The summed E-state index contributed by atoms with van der Waals surface area (Å²) in [5, 5.41) is 2.52. The largest absolute Gasteiger partial charge is 0.456 e. The minimum atomic E-state index is -3.95. The molecule has 0 radical (unpaired) electrons. The lowest BCUT2D eigenvalue weighted by atomic mass is 10.1. The molecule has 0 atom stereocenters. The van der Waals surface area contributed by atoms with Crippen LogP contribution in [0.2, 0.25) is 0 Å². The number of esters is 1. The van der Waals surface area contributed by atoms with E-state index in [0.29, 0.717) is 11.3 Å². The molecule has 0 spiro atoms. The fraction of sp³-hybridized carbons (Fsp3) is 0.250. The Morgan fingerprint density at radius 3 is 2.14 bits per heavy atom. The Hall–Kier alpha value is -3.04. The highest BCUT2D eigenvalue weighted by atomic mass is 32.2. The van der Waals surface area contributed by atoms with Crippen molar-refractivity contribution in [3.8, 4) is 0 Å². The predicted molar refractivity (Wildman–Crippen MR) is 107 cm³/mol. The van der Waals surface area contributed by atoms with Gasteiger partial charge in [-0.15, -0.1) is 0 Å². The molecule has 2 aromatic rings. The third-order valence-corrected chi connectivity index (χ3v) is 5.36. The first-order valence-electron chi connectivity index (χ1n) is 8.86. The molecule has 2 aromatic carbocycles. The Bertz CT molecular complexity index is 983. The van der Waals surface area contributed by atoms with Gasteiger partial charge in [-0.3, -0.25) is 14.4 Å². The third kappa shape index (κ3) is 6.81. The van der Waals surface area contributed by atoms with E-state index in [9.17, 15) is 22.8 Å². The van der Waals surface area contributed by atoms with Crippen LogP contribution in [0.1, 0.15) is 29.8 Å². The number of hydrogen-bond donors (Lipinski definition) is 2. The van der Waals surface area contributed by atoms with Crippen molar-refractivity contribution in [2.24, 2.45) is 0 Å². The molecule has 1 amide bonds. The Morgan fingerprint density at radius 2 is 1.59 bits per heavy atom. The van der Waals surface area contributed by atoms with Crippen molar-refractivity contribution in [3.05, 3.63) is 59.7 Å². The van der Waals surface area contributed by atoms with Crippen LogP contribution < -0.4 is 10.0 Å². The molecule has 0 aliphatic carbocycles. The topological polar surface area (TPSA) is 119 Å². The standard InChI is InChI=1S/C20H22N2O6S/c1-3-15-4-6-16(7-5-15)19(24)13-28-20(25)12-21-29(26,27)18-10-8-17(9-11-18)22-14(2)23/h4-11,21H,3,12-13H2,1-2H3,(H,22,23). The Kier molecular flexibility index (Phi) is 7.63. The minimum Gasteiger partial charge on any atom is -0.456 e. The van der Waals surface area contributed by atoms with Crippen molar-refractivity contribution < 1.29 is 27.5 Å². The van der Waals surface area contributed by atoms with Crippen LogP contribution in [-0.2, 0) is 30.8 Å². The lowest BCUT2D eigenvalue weighted by molar-refractivity contribution is -0.141. The molecular formula is C20H22N2O6S. The maximum atomic E-state index is 12.2. The van der Waals surface area contributed by atoms with Gasteiger partial charge in [-0.25, -0.2) is 8.42 Å². The number of ketones is 1. The summed E-state index contributed by atoms with van der Waals surface area (Å²) in [5.41, 5.74) is 1.94. The normalized spacial score (nSPS) is 11.0. The first-order chi connectivity index (χ1) is 13.7. The number of rotatable bonds is 9. The molecule has 0 unspecified atom stereocenters. The van der Waals surface area contributed by atoms with Crippen molar-refractivity contribution in [3.63, 3.8) is 0 Å². The van der Waals surface area contributed by atoms with Crippen LogP contribution in [0.3, 0.4) is 0 Å². The number of ether oxygens (including phenoxy) is 1. The van der Waals surface area contributed by atoms with Crippen molar-refractivity contribution in [2.75, 3.05) is 18.5 Å². The monoisotopic (exact) mass is 418 g/mol. The number of carbonyl (C=O) groups excluding carboxylic acids is 3. The molecule has 8 nitrogen and oxygen atoms in total. The number of amides is 1. The summed E-state index contributed by atoms with van der Waals surface area (Å²) < 4.78 is 31.4. The molecule has 0 aromatic heterocycles. The van der Waals surface area contributed by atoms with E-state index in [1.54, 1.807) is 12.1 Å². The molecule has 0 saturated heterocycles. The summed E-state index contributed by atoms with van der Waals surface area (Å²) in [6.45, 7) is 2.25. The van der Waals surface area contributed by atoms with Gasteiger partial charge >= 0.3 is 5.97 Å². The van der Waals surface area contributed by atoms with Crippen LogP contribution >= 0.6 is 0 Å². The van der Waals surface area contributed by atoms with Gasteiger partial charge in [0.2, 0.25) is 15.9 Å². The van der Waals surface area contributed by atoms with Crippen LogP contribution in [0.5, 0.6) is 0 Å². The van der Waals surface area contributed by atoms with Gasteiger partial charge in [-0.2, -0.15) is 4.72 Å². The molecule has 0 saturated carbocycles. The van der Waals surface area contributed by atoms with E-state index >= 15 is 0 Å². The highest BCUT2D eigenvalue weighted by molar-refractivity contribution is 7.89. The Balaban J connectivity index is 1.85. The van der Waals surface area contributed by atoms with E-state index in [4.69, 9.17) is 4.74 Å². The van der Waals surface area contributed by atoms with E-state index < -0.39 is 29.1 Å². The molecular weight excluding hydrogens is 396 g/mol. The average molecular weight is 418 g/mol. The van der Waals surface area contributed by atoms with E-state index in [2.05, 4.69) is 10.0 Å². The number of hydrogen-bond acceptors (Lipinski definition) is 6. The van der Waals surface area contributed by atoms with E-state index in [1.807, 2.05) is 19.1 Å². The lowest BCUT2D eigenvalue weighted by Gasteiger charge is -2.08. The van der Waals surface area contributed by atoms with Crippen LogP contribution in [0.4, 0.5) is 5.69 Å². The number of sulfonamides is 1. The average Bonchev–Trinajstić information content (AvgIpc) is 2.70. The fourth-order valence-electron chi connectivity index (χ4n) is 2.36. The summed E-state index contributed by atoms with van der Waals surface area (Å²) in [6.07, 6.45) is 0.847. The highest BCUT2D eigenvalue weighted by Crippen LogP contribution is 2.14. The number of anilines is 1. The van der Waals surface area contributed by atoms with E-state index in [-0.39, 0.29) is 16.6 Å². The number of carbonyl (C=O) groups is 3. The van der Waals surface area contributed by atoms with Gasteiger partial charge in [0.25, 0.3) is 0 Å². The third-order valence-electron chi connectivity index (χ3n) is 3.94. The molecule has 154 valence electrons. The summed E-state index contributed by atoms with van der Waals surface area (Å²) >= 11 is 0. The van der Waals surface area contributed by atoms with Crippen LogP contribution in [0.25, 0.3) is 0 Å². The lowest BCUT2D eigenvalue weighted by Crippen LogP contribution is -2.31. The zero-order valence-corrected chi connectivity index (χ0v) is 16.9. The van der Waals surface area contributed by atoms with Crippen LogP contribution in [-0.4, -0.2) is 39.2 Å². The second-order valence-corrected chi connectivity index (χ2v) is 7.93. The molecule has 0 heterocycles. The summed E-state index contributed by atoms with van der Waals surface area (Å²) in [4.78, 5) is 34.7. The summed E-state index contributed by atoms with van der Waals surface area (Å²) in [5.74, 6) is -1.53. The maximum Gasteiger partial charge on any atom is 0.321 e. The Labute approximate surface area is 169 Å². The summed E-state index contributed by atoms with van der Waals surface area (Å²) in [7, 11) is -3.95. The molecule has 9 heteroatoms. The van der Waals surface area contributed by atoms with Gasteiger partial charge in [0.05, 0.1) is 4.90 Å². The molecule has 2 N–H and O–H groups in total. The van der Waals surface area contributed by atoms with Gasteiger partial charge in [-0.05, 0) is 36.2 Å². The predicted octanol–water partition coefficient (Wildman–Crippen LogP) is 1.91. The second-order valence-electron chi connectivity index (χ2n) is 6.16. The second kappa shape index (κ2) is 9.94. The van der Waals surface area contributed by atoms with E-state index in [1.165, 1.54) is 31.2 Å². The highest BCUT2D eigenvalue weighted by Gasteiger charge is 2.17. The van der Waals surface area contributed by atoms with Crippen molar-refractivity contribution in [1.29, 1.82) is 0 Å². The molecule has 0 fully saturated rings. The number of Topliss-reactive ketones (excluding diaryl/α,β-unsaturated/α-hetero) is 1.